The van der Waals surface area contributed by atoms with Crippen molar-refractivity contribution in [3.8, 4) is 0 Å². The number of pyridine rings is 1. The molecule has 0 saturated carbocycles. The molecular formula is C12H14N4O3. The van der Waals surface area contributed by atoms with E-state index in [2.05, 4.69) is 10.1 Å². The van der Waals surface area contributed by atoms with Gasteiger partial charge in [-0.15, -0.1) is 0 Å². The fraction of sp³-hybridized carbons (Fsp3) is 0.333. The van der Waals surface area contributed by atoms with Gasteiger partial charge < -0.3 is 5.11 Å². The second-order valence-corrected chi connectivity index (χ2v) is 4.32. The Kier molecular flexibility index (Phi) is 3.57. The van der Waals surface area contributed by atoms with Gasteiger partial charge in [-0.2, -0.15) is 5.10 Å². The lowest BCUT2D eigenvalue weighted by Crippen LogP contribution is -2.07. The van der Waals surface area contributed by atoms with Crippen LogP contribution in [0.25, 0.3) is 0 Å². The van der Waals surface area contributed by atoms with Crippen LogP contribution in [0, 0.1) is 24.0 Å². The molecule has 0 unspecified atom stereocenters. The summed E-state index contributed by atoms with van der Waals surface area (Å²) < 4.78 is 1.60. The first kappa shape index (κ1) is 13.2. The molecule has 100 valence electrons. The smallest absolute Gasteiger partial charge is 0.278 e. The van der Waals surface area contributed by atoms with E-state index in [4.69, 9.17) is 5.11 Å². The highest BCUT2D eigenvalue weighted by atomic mass is 16.6. The van der Waals surface area contributed by atoms with E-state index in [1.165, 1.54) is 6.20 Å². The summed E-state index contributed by atoms with van der Waals surface area (Å²) in [5.41, 5.74) is 2.48. The molecule has 0 amide bonds. The zero-order valence-corrected chi connectivity index (χ0v) is 10.7. The summed E-state index contributed by atoms with van der Waals surface area (Å²) in [6.07, 6.45) is 4.74. The molecular weight excluding hydrogens is 248 g/mol. The van der Waals surface area contributed by atoms with Crippen molar-refractivity contribution >= 4 is 5.69 Å². The Labute approximate surface area is 109 Å². The van der Waals surface area contributed by atoms with Crippen molar-refractivity contribution in [1.29, 1.82) is 0 Å². The van der Waals surface area contributed by atoms with Crippen LogP contribution in [0.1, 0.15) is 22.4 Å². The summed E-state index contributed by atoms with van der Waals surface area (Å²) in [5, 5.41) is 24.1. The van der Waals surface area contributed by atoms with Crippen molar-refractivity contribution in [1.82, 2.24) is 14.8 Å². The number of aromatic nitrogens is 3. The number of rotatable bonds is 4. The first-order valence-corrected chi connectivity index (χ1v) is 5.74. The average Bonchev–Trinajstić information content (AvgIpc) is 2.80. The Bertz CT molecular complexity index is 621. The zero-order chi connectivity index (χ0) is 14.0. The van der Waals surface area contributed by atoms with Crippen molar-refractivity contribution < 1.29 is 10.0 Å². The minimum atomic E-state index is -0.391. The van der Waals surface area contributed by atoms with Gasteiger partial charge in [0, 0.05) is 23.5 Å². The molecule has 0 spiro atoms. The Morgan fingerprint density at radius 2 is 2.16 bits per heavy atom. The third kappa shape index (κ3) is 2.60. The average molecular weight is 262 g/mol. The lowest BCUT2D eigenvalue weighted by molar-refractivity contribution is -0.386. The van der Waals surface area contributed by atoms with Crippen LogP contribution in [0.2, 0.25) is 0 Å². The summed E-state index contributed by atoms with van der Waals surface area (Å²) in [7, 11) is 0. The molecule has 2 rings (SSSR count). The van der Waals surface area contributed by atoms with E-state index >= 15 is 0 Å². The number of hydrogen-bond acceptors (Lipinski definition) is 5. The van der Waals surface area contributed by atoms with Gasteiger partial charge in [-0.3, -0.25) is 19.8 Å². The summed E-state index contributed by atoms with van der Waals surface area (Å²) in [4.78, 5) is 14.9. The molecule has 0 fully saturated rings. The van der Waals surface area contributed by atoms with Crippen molar-refractivity contribution in [3.63, 3.8) is 0 Å². The molecule has 0 aliphatic carbocycles. The summed E-state index contributed by atoms with van der Waals surface area (Å²) in [6.45, 7) is 3.61. The second-order valence-electron chi connectivity index (χ2n) is 4.32. The fourth-order valence-corrected chi connectivity index (χ4v) is 1.93. The Hall–Kier alpha value is -2.28. The first-order chi connectivity index (χ1) is 9.02. The quantitative estimate of drug-likeness (QED) is 0.662. The van der Waals surface area contributed by atoms with Gasteiger partial charge in [-0.05, 0) is 13.8 Å². The lowest BCUT2D eigenvalue weighted by atomic mass is 10.1. The van der Waals surface area contributed by atoms with E-state index in [9.17, 15) is 10.1 Å². The second kappa shape index (κ2) is 5.15. The van der Waals surface area contributed by atoms with E-state index in [0.717, 1.165) is 0 Å². The molecule has 0 saturated heterocycles. The third-order valence-corrected chi connectivity index (χ3v) is 2.94. The number of hydrogen-bond donors (Lipinski definition) is 1. The number of aryl methyl sites for hydroxylation is 1. The molecule has 0 bridgehead atoms. The molecule has 0 aliphatic heterocycles. The molecule has 2 heterocycles. The van der Waals surface area contributed by atoms with Gasteiger partial charge in [0.2, 0.25) is 0 Å². The molecule has 0 radical (unpaired) electrons. The molecule has 7 nitrogen and oxygen atoms in total. The number of nitro groups is 1. The van der Waals surface area contributed by atoms with Gasteiger partial charge in [-0.1, -0.05) is 0 Å². The topological polar surface area (TPSA) is 94.1 Å². The standard InChI is InChI=1S/C12H14N4O3/c1-8-3-13-11(9(2)12(8)16(18)19)6-15-5-10(7-17)4-14-15/h3-5,17H,6-7H2,1-2H3. The largest absolute Gasteiger partial charge is 0.392 e. The van der Waals surface area contributed by atoms with E-state index < -0.39 is 4.92 Å². The summed E-state index contributed by atoms with van der Waals surface area (Å²) >= 11 is 0. The van der Waals surface area contributed by atoms with Crippen LogP contribution < -0.4 is 0 Å². The van der Waals surface area contributed by atoms with Gasteiger partial charge in [0.1, 0.15) is 0 Å². The SMILES string of the molecule is Cc1cnc(Cn2cc(CO)cn2)c(C)c1[N+](=O)[O-]. The highest BCUT2D eigenvalue weighted by Gasteiger charge is 2.18. The normalized spacial score (nSPS) is 10.7. The minimum Gasteiger partial charge on any atom is -0.392 e. The van der Waals surface area contributed by atoms with Crippen molar-refractivity contribution in [2.75, 3.05) is 0 Å². The molecule has 0 atom stereocenters. The van der Waals surface area contributed by atoms with Crippen LogP contribution in [0.5, 0.6) is 0 Å². The first-order valence-electron chi connectivity index (χ1n) is 5.74. The molecule has 2 aromatic heterocycles. The van der Waals surface area contributed by atoms with Crippen LogP contribution in [0.15, 0.2) is 18.6 Å². The maximum atomic E-state index is 11.0. The number of aliphatic hydroxyl groups is 1. The maximum absolute atomic E-state index is 11.0. The van der Waals surface area contributed by atoms with Gasteiger partial charge in [0.05, 0.1) is 35.5 Å². The minimum absolute atomic E-state index is 0.0829. The number of aliphatic hydroxyl groups excluding tert-OH is 1. The fourth-order valence-electron chi connectivity index (χ4n) is 1.93. The number of nitrogens with zero attached hydrogens (tertiary/aromatic N) is 4. The van der Waals surface area contributed by atoms with E-state index in [1.54, 1.807) is 30.9 Å². The van der Waals surface area contributed by atoms with Crippen molar-refractivity contribution in [3.05, 3.63) is 51.1 Å². The lowest BCUT2D eigenvalue weighted by Gasteiger charge is -2.07. The summed E-state index contributed by atoms with van der Waals surface area (Å²) in [6, 6.07) is 0. The van der Waals surface area contributed by atoms with E-state index in [0.29, 0.717) is 28.9 Å². The van der Waals surface area contributed by atoms with E-state index in [-0.39, 0.29) is 12.3 Å². The van der Waals surface area contributed by atoms with Crippen molar-refractivity contribution in [2.45, 2.75) is 27.0 Å². The van der Waals surface area contributed by atoms with Crippen LogP contribution in [-0.2, 0) is 13.2 Å². The van der Waals surface area contributed by atoms with Gasteiger partial charge in [0.25, 0.3) is 5.69 Å². The highest BCUT2D eigenvalue weighted by molar-refractivity contribution is 5.47. The maximum Gasteiger partial charge on any atom is 0.278 e. The monoisotopic (exact) mass is 262 g/mol. The van der Waals surface area contributed by atoms with Gasteiger partial charge >= 0.3 is 0 Å². The zero-order valence-electron chi connectivity index (χ0n) is 10.7. The van der Waals surface area contributed by atoms with Crippen LogP contribution in [0.3, 0.4) is 0 Å². The highest BCUT2D eigenvalue weighted by Crippen LogP contribution is 2.24. The molecule has 0 aromatic carbocycles. The third-order valence-electron chi connectivity index (χ3n) is 2.94. The summed E-state index contributed by atoms with van der Waals surface area (Å²) in [5.74, 6) is 0. The predicted molar refractivity (Wildman–Crippen MR) is 67.6 cm³/mol. The van der Waals surface area contributed by atoms with Gasteiger partial charge in [-0.25, -0.2) is 0 Å². The molecule has 0 aliphatic rings. The van der Waals surface area contributed by atoms with Crippen LogP contribution >= 0.6 is 0 Å². The van der Waals surface area contributed by atoms with Crippen molar-refractivity contribution in [2.24, 2.45) is 0 Å². The van der Waals surface area contributed by atoms with E-state index in [1.807, 2.05) is 0 Å². The molecule has 19 heavy (non-hydrogen) atoms. The molecule has 1 N–H and O–H groups in total. The molecule has 7 heteroatoms. The van der Waals surface area contributed by atoms with Gasteiger partial charge in [0.15, 0.2) is 0 Å². The Morgan fingerprint density at radius 1 is 1.42 bits per heavy atom. The molecule has 2 aromatic rings. The van der Waals surface area contributed by atoms with Crippen LogP contribution in [-0.4, -0.2) is 24.8 Å². The van der Waals surface area contributed by atoms with Crippen LogP contribution in [0.4, 0.5) is 5.69 Å². The Balaban J connectivity index is 2.35. The Morgan fingerprint density at radius 3 is 2.74 bits per heavy atom. The predicted octanol–water partition coefficient (Wildman–Crippen LogP) is 1.34.